The Balaban J connectivity index is 1.42. The summed E-state index contributed by atoms with van der Waals surface area (Å²) in [5.41, 5.74) is 1.86. The van der Waals surface area contributed by atoms with Crippen molar-refractivity contribution >= 4 is 31.2 Å². The molecule has 11 heteroatoms. The van der Waals surface area contributed by atoms with Crippen molar-refractivity contribution < 1.29 is 37.7 Å². The Bertz CT molecular complexity index is 1340. The molecule has 0 atom stereocenters. The van der Waals surface area contributed by atoms with Crippen LogP contribution in [0.25, 0.3) is 0 Å². The van der Waals surface area contributed by atoms with Gasteiger partial charge in [-0.2, -0.15) is 0 Å². The topological polar surface area (TPSA) is 73.8 Å². The lowest BCUT2D eigenvalue weighted by atomic mass is 10.2. The first-order chi connectivity index (χ1) is 21.0. The molecule has 0 saturated carbocycles. The van der Waals surface area contributed by atoms with Crippen molar-refractivity contribution in [3.05, 3.63) is 83.9 Å². The predicted octanol–water partition coefficient (Wildman–Crippen LogP) is 7.05. The summed E-state index contributed by atoms with van der Waals surface area (Å²) in [5, 5.41) is 0. The summed E-state index contributed by atoms with van der Waals surface area (Å²) in [5.74, 6) is 6.79. The molecule has 0 unspecified atom stereocenters. The highest BCUT2D eigenvalue weighted by Gasteiger charge is 2.17. The fourth-order valence-electron chi connectivity index (χ4n) is 4.27. The van der Waals surface area contributed by atoms with E-state index in [-0.39, 0.29) is 7.69 Å². The molecule has 0 bridgehead atoms. The molecule has 0 aromatic heterocycles. The Labute approximate surface area is 262 Å². The summed E-state index contributed by atoms with van der Waals surface area (Å²) < 4.78 is 45.4. The van der Waals surface area contributed by atoms with Gasteiger partial charge in [-0.25, -0.2) is 0 Å². The molecule has 4 aromatic carbocycles. The van der Waals surface area contributed by atoms with Gasteiger partial charge in [-0.1, -0.05) is 24.3 Å². The van der Waals surface area contributed by atoms with Crippen molar-refractivity contribution in [2.75, 3.05) is 42.7 Å². The van der Waals surface area contributed by atoms with E-state index in [1.54, 1.807) is 66.2 Å². The van der Waals surface area contributed by atoms with Gasteiger partial charge in [-0.15, -0.1) is 23.5 Å². The number of methoxy groups -OCH3 is 6. The van der Waals surface area contributed by atoms with Crippen LogP contribution in [-0.4, -0.2) is 50.3 Å². The molecule has 4 rings (SSSR count). The van der Waals surface area contributed by atoms with Crippen molar-refractivity contribution in [1.29, 1.82) is 0 Å². The number of ether oxygens (including phenoxy) is 6. The number of para-hydroxylation sites is 2. The number of hydrogen-bond acceptors (Lipinski definition) is 10. The van der Waals surface area contributed by atoms with Crippen molar-refractivity contribution in [2.45, 2.75) is 21.3 Å². The van der Waals surface area contributed by atoms with E-state index >= 15 is 0 Å². The standard InChI is InChI=1S/C32H35BO8S2/c1-34-21-15-27(36-3)23(28(16-21)37-4)19-42-31-13-9-7-11-25(31)40-33-41-26-12-8-10-14-32(26)43-20-24-29(38-5)17-22(35-2)18-30(24)39-6/h7-18,33H,19-20H2,1-6H3. The lowest BCUT2D eigenvalue weighted by Gasteiger charge is -2.17. The van der Waals surface area contributed by atoms with E-state index in [2.05, 4.69) is 0 Å². The highest BCUT2D eigenvalue weighted by molar-refractivity contribution is 7.98. The molecule has 43 heavy (non-hydrogen) atoms. The number of thioether (sulfide) groups is 2. The van der Waals surface area contributed by atoms with Crippen LogP contribution in [0.15, 0.2) is 82.6 Å². The molecule has 0 aliphatic heterocycles. The summed E-state index contributed by atoms with van der Waals surface area (Å²) >= 11 is 3.24. The fourth-order valence-corrected chi connectivity index (χ4v) is 6.33. The maximum atomic E-state index is 6.11. The Morgan fingerprint density at radius 3 is 1.14 bits per heavy atom. The zero-order chi connectivity index (χ0) is 30.6. The highest BCUT2D eigenvalue weighted by atomic mass is 32.2. The van der Waals surface area contributed by atoms with E-state index in [0.29, 0.717) is 46.0 Å². The molecular weight excluding hydrogens is 587 g/mol. The third kappa shape index (κ3) is 8.12. The predicted molar refractivity (Wildman–Crippen MR) is 173 cm³/mol. The summed E-state index contributed by atoms with van der Waals surface area (Å²) in [6.45, 7) is 0. The lowest BCUT2D eigenvalue weighted by Crippen LogP contribution is -2.12. The van der Waals surface area contributed by atoms with Gasteiger partial charge in [0.05, 0.1) is 42.7 Å². The summed E-state index contributed by atoms with van der Waals surface area (Å²) in [7, 11) is 9.82. The van der Waals surface area contributed by atoms with Gasteiger partial charge in [0.2, 0.25) is 0 Å². The Morgan fingerprint density at radius 1 is 0.465 bits per heavy atom. The van der Waals surface area contributed by atoms with Gasteiger partial charge in [0.25, 0.3) is 0 Å². The smallest absolute Gasteiger partial charge is 0.528 e. The molecule has 0 spiro atoms. The average Bonchev–Trinajstić information content (AvgIpc) is 3.06. The maximum absolute atomic E-state index is 6.11. The molecular formula is C32H35BO8S2. The molecule has 226 valence electrons. The summed E-state index contributed by atoms with van der Waals surface area (Å²) in [6.07, 6.45) is 0. The highest BCUT2D eigenvalue weighted by Crippen LogP contribution is 2.41. The van der Waals surface area contributed by atoms with Crippen LogP contribution >= 0.6 is 23.5 Å². The largest absolute Gasteiger partial charge is 0.576 e. The van der Waals surface area contributed by atoms with Crippen LogP contribution < -0.4 is 37.7 Å². The van der Waals surface area contributed by atoms with Gasteiger partial charge in [-0.3, -0.25) is 0 Å². The molecule has 0 N–H and O–H groups in total. The van der Waals surface area contributed by atoms with Crippen molar-refractivity contribution in [2.24, 2.45) is 0 Å². The molecule has 0 amide bonds. The minimum Gasteiger partial charge on any atom is -0.528 e. The van der Waals surface area contributed by atoms with E-state index in [4.69, 9.17) is 37.7 Å². The van der Waals surface area contributed by atoms with Crippen LogP contribution in [0.4, 0.5) is 0 Å². The molecule has 0 fully saturated rings. The third-order valence-corrected chi connectivity index (χ3v) is 8.67. The second-order valence-corrected chi connectivity index (χ2v) is 10.9. The van der Waals surface area contributed by atoms with Crippen LogP contribution in [0.1, 0.15) is 11.1 Å². The monoisotopic (exact) mass is 622 g/mol. The molecule has 0 radical (unpaired) electrons. The summed E-state index contributed by atoms with van der Waals surface area (Å²) in [4.78, 5) is 1.93. The second-order valence-electron chi connectivity index (χ2n) is 8.90. The van der Waals surface area contributed by atoms with Crippen molar-refractivity contribution in [1.82, 2.24) is 0 Å². The van der Waals surface area contributed by atoms with Gasteiger partial charge in [0.1, 0.15) is 46.0 Å². The number of benzene rings is 4. The van der Waals surface area contributed by atoms with Crippen LogP contribution in [0, 0.1) is 0 Å². The first kappa shape index (κ1) is 32.0. The van der Waals surface area contributed by atoms with Crippen molar-refractivity contribution in [3.63, 3.8) is 0 Å². The molecule has 8 nitrogen and oxygen atoms in total. The van der Waals surface area contributed by atoms with Gasteiger partial charge >= 0.3 is 7.69 Å². The minimum absolute atomic E-state index is 0.0412. The average molecular weight is 623 g/mol. The number of hydrogen-bond donors (Lipinski definition) is 0. The molecule has 0 heterocycles. The van der Waals surface area contributed by atoms with E-state index in [1.807, 2.05) is 72.8 Å². The second kappa shape index (κ2) is 16.0. The number of rotatable bonds is 16. The molecule has 0 aliphatic rings. The van der Waals surface area contributed by atoms with Crippen molar-refractivity contribution in [3.8, 4) is 46.0 Å². The van der Waals surface area contributed by atoms with Crippen LogP contribution in [-0.2, 0) is 11.5 Å². The van der Waals surface area contributed by atoms with Crippen LogP contribution in [0.2, 0.25) is 0 Å². The normalized spacial score (nSPS) is 10.5. The van der Waals surface area contributed by atoms with Crippen LogP contribution in [0.3, 0.4) is 0 Å². The lowest BCUT2D eigenvalue weighted by molar-refractivity contribution is 0.370. The van der Waals surface area contributed by atoms with E-state index in [0.717, 1.165) is 32.4 Å². The summed E-state index contributed by atoms with van der Waals surface area (Å²) in [6, 6.07) is 23.1. The first-order valence-corrected chi connectivity index (χ1v) is 15.3. The minimum atomic E-state index is 0.0412. The van der Waals surface area contributed by atoms with Crippen LogP contribution in [0.5, 0.6) is 46.0 Å². The van der Waals surface area contributed by atoms with E-state index in [1.165, 1.54) is 0 Å². The first-order valence-electron chi connectivity index (χ1n) is 13.3. The Morgan fingerprint density at radius 2 is 0.814 bits per heavy atom. The van der Waals surface area contributed by atoms with E-state index < -0.39 is 0 Å². The SMILES string of the molecule is COc1cc(OC)c(CSc2ccccc2OBOc2ccccc2SCc2c(OC)cc(OC)cc2OC)c(OC)c1. The van der Waals surface area contributed by atoms with Gasteiger partial charge in [0, 0.05) is 56.7 Å². The van der Waals surface area contributed by atoms with Gasteiger partial charge in [-0.05, 0) is 24.3 Å². The Kier molecular flexibility index (Phi) is 11.9. The molecule has 0 aliphatic carbocycles. The van der Waals surface area contributed by atoms with E-state index in [9.17, 15) is 0 Å². The van der Waals surface area contributed by atoms with Gasteiger partial charge in [0.15, 0.2) is 0 Å². The zero-order valence-electron chi connectivity index (χ0n) is 25.1. The van der Waals surface area contributed by atoms with Gasteiger partial charge < -0.3 is 37.7 Å². The maximum Gasteiger partial charge on any atom is 0.576 e. The molecule has 0 saturated heterocycles. The Hall–Kier alpha value is -3.96. The third-order valence-electron chi connectivity index (χ3n) is 6.51. The zero-order valence-corrected chi connectivity index (χ0v) is 26.8. The quantitative estimate of drug-likeness (QED) is 0.0959. The molecule has 4 aromatic rings. The fraction of sp³-hybridized carbons (Fsp3) is 0.250.